The monoisotopic (exact) mass is 279 g/mol. The SMILES string of the molecule is CC(=O)c1cccc(-n2c(O)c3ccccc3cc2=O)c1. The molecule has 3 rings (SSSR count). The zero-order valence-corrected chi connectivity index (χ0v) is 11.4. The lowest BCUT2D eigenvalue weighted by atomic mass is 10.1. The molecule has 0 atom stereocenters. The summed E-state index contributed by atoms with van der Waals surface area (Å²) in [4.78, 5) is 23.7. The molecule has 0 aliphatic heterocycles. The molecule has 0 unspecified atom stereocenters. The summed E-state index contributed by atoms with van der Waals surface area (Å²) in [5.41, 5.74) is 0.620. The van der Waals surface area contributed by atoms with Gasteiger partial charge in [-0.05, 0) is 30.5 Å². The Balaban J connectivity index is 2.32. The summed E-state index contributed by atoms with van der Waals surface area (Å²) < 4.78 is 1.20. The largest absolute Gasteiger partial charge is 0.494 e. The number of nitrogens with zero attached hydrogens (tertiary/aromatic N) is 1. The van der Waals surface area contributed by atoms with Crippen LogP contribution in [0.1, 0.15) is 17.3 Å². The zero-order chi connectivity index (χ0) is 15.0. The molecule has 0 fully saturated rings. The number of hydrogen-bond acceptors (Lipinski definition) is 3. The number of benzene rings is 2. The van der Waals surface area contributed by atoms with Crippen LogP contribution in [0.25, 0.3) is 16.5 Å². The molecule has 1 N–H and O–H groups in total. The number of rotatable bonds is 2. The summed E-state index contributed by atoms with van der Waals surface area (Å²) in [6, 6.07) is 15.2. The van der Waals surface area contributed by atoms with Crippen molar-refractivity contribution in [3.8, 4) is 11.6 Å². The van der Waals surface area contributed by atoms with Gasteiger partial charge in [0, 0.05) is 17.0 Å². The van der Waals surface area contributed by atoms with Gasteiger partial charge in [-0.25, -0.2) is 4.57 Å². The fraction of sp³-hybridized carbons (Fsp3) is 0.0588. The first-order valence-corrected chi connectivity index (χ1v) is 6.53. The Morgan fingerprint density at radius 3 is 2.57 bits per heavy atom. The van der Waals surface area contributed by atoms with Crippen molar-refractivity contribution in [3.05, 3.63) is 70.5 Å². The molecule has 1 aromatic heterocycles. The molecular formula is C17H13NO3. The molecule has 1 heterocycles. The number of fused-ring (bicyclic) bond motifs is 1. The van der Waals surface area contributed by atoms with E-state index in [1.165, 1.54) is 17.6 Å². The molecule has 0 aliphatic carbocycles. The quantitative estimate of drug-likeness (QED) is 0.734. The Bertz CT molecular complexity index is 909. The summed E-state index contributed by atoms with van der Waals surface area (Å²) in [6.45, 7) is 1.46. The van der Waals surface area contributed by atoms with Gasteiger partial charge in [-0.3, -0.25) is 9.59 Å². The van der Waals surface area contributed by atoms with Gasteiger partial charge in [0.05, 0.1) is 5.69 Å². The predicted molar refractivity (Wildman–Crippen MR) is 81.2 cm³/mol. The number of hydrogen-bond donors (Lipinski definition) is 1. The summed E-state index contributed by atoms with van der Waals surface area (Å²) in [5.74, 6) is -0.219. The highest BCUT2D eigenvalue weighted by atomic mass is 16.3. The van der Waals surface area contributed by atoms with Crippen LogP contribution < -0.4 is 5.56 Å². The molecule has 0 radical (unpaired) electrons. The van der Waals surface area contributed by atoms with Crippen LogP contribution in [0.2, 0.25) is 0 Å². The van der Waals surface area contributed by atoms with Crippen LogP contribution in [0.15, 0.2) is 59.4 Å². The van der Waals surface area contributed by atoms with Crippen molar-refractivity contribution in [2.24, 2.45) is 0 Å². The normalized spacial score (nSPS) is 10.7. The first kappa shape index (κ1) is 13.1. The molecular weight excluding hydrogens is 266 g/mol. The third-order valence-corrected chi connectivity index (χ3v) is 3.42. The molecule has 3 aromatic rings. The first-order chi connectivity index (χ1) is 10.1. The third-order valence-electron chi connectivity index (χ3n) is 3.42. The number of aromatic nitrogens is 1. The molecule has 4 nitrogen and oxygen atoms in total. The van der Waals surface area contributed by atoms with Crippen molar-refractivity contribution < 1.29 is 9.90 Å². The number of ketones is 1. The van der Waals surface area contributed by atoms with Gasteiger partial charge in [0.15, 0.2) is 5.78 Å². The molecule has 0 aliphatic rings. The van der Waals surface area contributed by atoms with Gasteiger partial charge in [0.25, 0.3) is 5.56 Å². The molecule has 21 heavy (non-hydrogen) atoms. The fourth-order valence-corrected chi connectivity index (χ4v) is 2.36. The van der Waals surface area contributed by atoms with E-state index in [0.717, 1.165) is 0 Å². The second-order valence-electron chi connectivity index (χ2n) is 4.84. The van der Waals surface area contributed by atoms with Crippen LogP contribution in [-0.2, 0) is 0 Å². The minimum absolute atomic E-state index is 0.0924. The Hall–Kier alpha value is -2.88. The third kappa shape index (κ3) is 2.21. The highest BCUT2D eigenvalue weighted by molar-refractivity contribution is 5.94. The second kappa shape index (κ2) is 4.90. The van der Waals surface area contributed by atoms with Crippen molar-refractivity contribution in [3.63, 3.8) is 0 Å². The molecule has 0 bridgehead atoms. The Morgan fingerprint density at radius 1 is 1.05 bits per heavy atom. The molecule has 0 saturated carbocycles. The average molecular weight is 279 g/mol. The van der Waals surface area contributed by atoms with Crippen LogP contribution in [0.5, 0.6) is 5.88 Å². The standard InChI is InChI=1S/C17H13NO3/c1-11(19)12-6-4-7-14(9-12)18-16(20)10-13-5-2-3-8-15(13)17(18)21/h2-10,21H,1H3. The lowest BCUT2D eigenvalue weighted by molar-refractivity contribution is 0.101. The molecule has 0 saturated heterocycles. The van der Waals surface area contributed by atoms with Gasteiger partial charge in [-0.1, -0.05) is 30.3 Å². The maximum Gasteiger partial charge on any atom is 0.258 e. The van der Waals surface area contributed by atoms with Gasteiger partial charge in [-0.15, -0.1) is 0 Å². The zero-order valence-electron chi connectivity index (χ0n) is 11.4. The van der Waals surface area contributed by atoms with Crippen LogP contribution >= 0.6 is 0 Å². The summed E-state index contributed by atoms with van der Waals surface area (Å²) in [6.07, 6.45) is 0. The topological polar surface area (TPSA) is 59.3 Å². The van der Waals surface area contributed by atoms with Crippen LogP contribution in [0.4, 0.5) is 0 Å². The molecule has 0 spiro atoms. The van der Waals surface area contributed by atoms with E-state index in [1.807, 2.05) is 6.07 Å². The predicted octanol–water partition coefficient (Wildman–Crippen LogP) is 2.90. The van der Waals surface area contributed by atoms with E-state index >= 15 is 0 Å². The van der Waals surface area contributed by atoms with E-state index in [9.17, 15) is 14.7 Å². The van der Waals surface area contributed by atoms with Crippen molar-refractivity contribution in [2.75, 3.05) is 0 Å². The van der Waals surface area contributed by atoms with Crippen LogP contribution in [0.3, 0.4) is 0 Å². The molecule has 4 heteroatoms. The van der Waals surface area contributed by atoms with E-state index in [4.69, 9.17) is 0 Å². The minimum Gasteiger partial charge on any atom is -0.494 e. The summed E-state index contributed by atoms with van der Waals surface area (Å²) in [5, 5.41) is 11.7. The molecule has 0 amide bonds. The van der Waals surface area contributed by atoms with E-state index in [2.05, 4.69) is 0 Å². The molecule has 104 valence electrons. The van der Waals surface area contributed by atoms with Crippen molar-refractivity contribution >= 4 is 16.6 Å². The van der Waals surface area contributed by atoms with E-state index in [0.29, 0.717) is 22.0 Å². The van der Waals surface area contributed by atoms with Gasteiger partial charge < -0.3 is 5.11 Å². The average Bonchev–Trinajstić information content (AvgIpc) is 2.47. The smallest absolute Gasteiger partial charge is 0.258 e. The number of Topliss-reactive ketones (excluding diaryl/α,β-unsaturated/α-hetero) is 1. The van der Waals surface area contributed by atoms with E-state index < -0.39 is 0 Å². The van der Waals surface area contributed by atoms with Crippen LogP contribution in [-0.4, -0.2) is 15.5 Å². The maximum absolute atomic E-state index is 12.3. The summed E-state index contributed by atoms with van der Waals surface area (Å²) in [7, 11) is 0. The van der Waals surface area contributed by atoms with Crippen LogP contribution in [0, 0.1) is 0 Å². The highest BCUT2D eigenvalue weighted by Crippen LogP contribution is 2.25. The number of carbonyl (C=O) groups excluding carboxylic acids is 1. The number of aromatic hydroxyl groups is 1. The van der Waals surface area contributed by atoms with Gasteiger partial charge >= 0.3 is 0 Å². The number of carbonyl (C=O) groups is 1. The Morgan fingerprint density at radius 2 is 1.81 bits per heavy atom. The second-order valence-corrected chi connectivity index (χ2v) is 4.84. The summed E-state index contributed by atoms with van der Waals surface area (Å²) >= 11 is 0. The van der Waals surface area contributed by atoms with Gasteiger partial charge in [0.2, 0.25) is 5.88 Å². The van der Waals surface area contributed by atoms with Gasteiger partial charge in [-0.2, -0.15) is 0 Å². The Labute approximate surface area is 120 Å². The van der Waals surface area contributed by atoms with Crippen molar-refractivity contribution in [1.82, 2.24) is 4.57 Å². The maximum atomic E-state index is 12.3. The molecule has 2 aromatic carbocycles. The van der Waals surface area contributed by atoms with Crippen molar-refractivity contribution in [2.45, 2.75) is 6.92 Å². The van der Waals surface area contributed by atoms with Crippen molar-refractivity contribution in [1.29, 1.82) is 0 Å². The van der Waals surface area contributed by atoms with E-state index in [1.54, 1.807) is 42.5 Å². The van der Waals surface area contributed by atoms with Gasteiger partial charge in [0.1, 0.15) is 0 Å². The lowest BCUT2D eigenvalue weighted by Crippen LogP contribution is -2.17. The fourth-order valence-electron chi connectivity index (χ4n) is 2.36. The highest BCUT2D eigenvalue weighted by Gasteiger charge is 2.11. The lowest BCUT2D eigenvalue weighted by Gasteiger charge is -2.11. The minimum atomic E-state index is -0.341. The number of pyridine rings is 1. The first-order valence-electron chi connectivity index (χ1n) is 6.53. The van der Waals surface area contributed by atoms with E-state index in [-0.39, 0.29) is 17.2 Å². The Kier molecular flexibility index (Phi) is 3.06.